The molecule has 0 radical (unpaired) electrons. The van der Waals surface area contributed by atoms with Crippen LogP contribution in [0.4, 0.5) is 11.4 Å². The number of carbonyl (C=O) groups is 12. The number of halogens is 2. The van der Waals surface area contributed by atoms with Gasteiger partial charge < -0.3 is 82.2 Å². The van der Waals surface area contributed by atoms with E-state index < -0.39 is 217 Å². The topological polar surface area (TPSA) is 468 Å². The Morgan fingerprint density at radius 1 is 0.415 bits per heavy atom. The molecular weight excluding hydrogens is 1430 g/mol. The summed E-state index contributed by atoms with van der Waals surface area (Å²) in [5.74, 6) is -11.8. The van der Waals surface area contributed by atoms with E-state index in [1.807, 2.05) is 0 Å². The second-order valence-corrected chi connectivity index (χ2v) is 30.5. The second-order valence-electron chi connectivity index (χ2n) is 29.7. The monoisotopic (exact) mass is 1520 g/mol. The third kappa shape index (κ3) is 14.0. The summed E-state index contributed by atoms with van der Waals surface area (Å²) < 4.78 is 10.7. The molecule has 0 bridgehead atoms. The van der Waals surface area contributed by atoms with Crippen molar-refractivity contribution < 1.29 is 87.4 Å². The van der Waals surface area contributed by atoms with E-state index in [1.54, 1.807) is 27.7 Å². The first-order chi connectivity index (χ1) is 50.3. The fourth-order valence-corrected chi connectivity index (χ4v) is 16.9. The Balaban J connectivity index is 0.910. The molecular formula is C68H94Cl2N18O18. The molecule has 0 aliphatic carbocycles. The summed E-state index contributed by atoms with van der Waals surface area (Å²) in [7, 11) is 2.53. The maximum absolute atomic E-state index is 15.6. The molecule has 18 atom stereocenters. The first kappa shape index (κ1) is 77.5. The summed E-state index contributed by atoms with van der Waals surface area (Å²) in [5, 5.41) is 76.7. The molecule has 36 nitrogen and oxygen atoms in total. The van der Waals surface area contributed by atoms with Crippen molar-refractivity contribution in [1.29, 1.82) is 0 Å². The van der Waals surface area contributed by atoms with Crippen molar-refractivity contribution in [3.8, 4) is 11.1 Å². The molecule has 16 N–H and O–H groups in total. The summed E-state index contributed by atoms with van der Waals surface area (Å²) >= 11 is 14.5. The second kappa shape index (κ2) is 30.8. The lowest BCUT2D eigenvalue weighted by molar-refractivity contribution is -0.161. The number of benzene rings is 2. The first-order valence-electron chi connectivity index (χ1n) is 36.1. The van der Waals surface area contributed by atoms with Crippen LogP contribution in [0.15, 0.2) is 24.3 Å². The lowest BCUT2D eigenvalue weighted by Gasteiger charge is -2.43. The fraction of sp³-hybridized carbons (Fsp3) is 0.647. The van der Waals surface area contributed by atoms with Gasteiger partial charge in [0, 0.05) is 86.9 Å². The number of nitrogens with zero attached hydrogens (tertiary/aromatic N) is 6. The number of hydrogen-bond acceptors (Lipinski definition) is 24. The van der Waals surface area contributed by atoms with E-state index in [4.69, 9.17) is 32.7 Å². The molecule has 0 saturated carbocycles. The number of hydrogen-bond donors (Lipinski definition) is 16. The van der Waals surface area contributed by atoms with Gasteiger partial charge in [0.05, 0.1) is 35.5 Å². The minimum absolute atomic E-state index is 0.0299. The maximum atomic E-state index is 15.6. The number of ether oxygens (including phenoxy) is 2. The molecule has 12 rings (SSSR count). The largest absolute Gasteiger partial charge is 0.391 e. The Bertz CT molecular complexity index is 3630. The Kier molecular flexibility index (Phi) is 22.5. The highest BCUT2D eigenvalue weighted by molar-refractivity contribution is 6.37. The molecule has 578 valence electrons. The molecule has 0 aromatic heterocycles. The van der Waals surface area contributed by atoms with Crippen LogP contribution in [0.3, 0.4) is 0 Å². The van der Waals surface area contributed by atoms with Gasteiger partial charge in [-0.05, 0) is 101 Å². The average Bonchev–Trinajstić information content (AvgIpc) is 1.55. The molecule has 0 spiro atoms. The van der Waals surface area contributed by atoms with Crippen molar-refractivity contribution in [2.45, 2.75) is 214 Å². The summed E-state index contributed by atoms with van der Waals surface area (Å²) in [5.41, 5.74) is 7.92. The van der Waals surface area contributed by atoms with Gasteiger partial charge >= 0.3 is 0 Å². The van der Waals surface area contributed by atoms with E-state index in [2.05, 4.69) is 64.2 Å². The van der Waals surface area contributed by atoms with Crippen LogP contribution in [-0.4, -0.2) is 272 Å². The van der Waals surface area contributed by atoms with E-state index in [-0.39, 0.29) is 82.4 Å². The normalized spacial score (nSPS) is 33.5. The summed E-state index contributed by atoms with van der Waals surface area (Å²) in [6.07, 6.45) is -5.55. The molecule has 0 unspecified atom stereocenters. The molecule has 8 fully saturated rings. The average molecular weight is 1520 g/mol. The van der Waals surface area contributed by atoms with E-state index in [9.17, 15) is 49.2 Å². The SMILES string of the molecule is COC[C@@H]1NC(=O)[C@H]2CCCNN2C(=O)[C@@H]2CCCNN2C(=O)[C@@H](C(C)C)NC(=O)[C@@H]2C[C@@]3(O)c4cc(-c5cc6c(cc5Cl)N[C@H]5N7C(=O)[C@@H]([C@H](C)O)NC(=O)[C@H](COC)NC(=O)[C@H]8CCCNN8C(=O)[C@@H]8CCCNN8C(=O)[C@@H](C(C)C)NC(=O)[C@@H]7C[C@@]65O)c(Cl)cc4N[C@H]3N2C(=O)[C@@H]([C@H](C)O)NC1=O. The summed E-state index contributed by atoms with van der Waals surface area (Å²) in [6.45, 7) is 9.20. The molecule has 10 aliphatic rings. The molecule has 12 amide bonds. The van der Waals surface area contributed by atoms with Crippen LogP contribution >= 0.6 is 23.2 Å². The number of carbonyl (C=O) groups excluding carboxylic acids is 12. The number of rotatable bonds is 9. The van der Waals surface area contributed by atoms with Crippen molar-refractivity contribution in [2.24, 2.45) is 11.8 Å². The molecule has 38 heteroatoms. The highest BCUT2D eigenvalue weighted by atomic mass is 35.5. The number of hydrazine groups is 4. The zero-order valence-electron chi connectivity index (χ0n) is 60.0. The smallest absolute Gasteiger partial charge is 0.261 e. The van der Waals surface area contributed by atoms with Gasteiger partial charge in [-0.15, -0.1) is 0 Å². The molecule has 10 aliphatic heterocycles. The van der Waals surface area contributed by atoms with E-state index in [0.29, 0.717) is 38.8 Å². The van der Waals surface area contributed by atoms with Gasteiger partial charge in [-0.25, -0.2) is 21.7 Å². The number of methoxy groups -OCH3 is 2. The highest BCUT2D eigenvalue weighted by Gasteiger charge is 2.64. The van der Waals surface area contributed by atoms with Gasteiger partial charge in [0.1, 0.15) is 96.0 Å². The van der Waals surface area contributed by atoms with Crippen molar-refractivity contribution >= 4 is 105 Å². The van der Waals surface area contributed by atoms with Gasteiger partial charge in [0.2, 0.25) is 47.3 Å². The Morgan fingerprint density at radius 2 is 0.726 bits per heavy atom. The lowest BCUT2D eigenvalue weighted by Crippen LogP contribution is -2.69. The van der Waals surface area contributed by atoms with E-state index in [0.717, 1.165) is 29.8 Å². The quantitative estimate of drug-likeness (QED) is 0.114. The fourth-order valence-electron chi connectivity index (χ4n) is 16.3. The first-order valence-corrected chi connectivity index (χ1v) is 36.8. The van der Waals surface area contributed by atoms with Crippen molar-refractivity contribution in [3.63, 3.8) is 0 Å². The number of fused-ring (bicyclic) bond motifs is 14. The van der Waals surface area contributed by atoms with Crippen LogP contribution in [0.2, 0.25) is 10.0 Å². The molecule has 2 aromatic carbocycles. The van der Waals surface area contributed by atoms with Gasteiger partial charge in [-0.1, -0.05) is 50.9 Å². The molecule has 106 heavy (non-hydrogen) atoms. The Morgan fingerprint density at radius 3 is 1.05 bits per heavy atom. The molecule has 2 aromatic rings. The number of anilines is 2. The standard InChI is InChI=1S/C68H94Cl2N18O18/c1-29(2)49-63(101)87-45(15-11-19-73-87)59(97)85-43(13-9-17-71-85)55(93)75-41(27-105-7)53(91)81-51(31(5)89)61(99)83-47(57(95)79-49)25-67(103)35-21-33(37(69)23-39(35)77-65(67)83)34-22-36-40(24-38(34)70)78-66-68(36,104)26-48-58(96)80-50(30(3)4)64(102)88-46(16-12-20-74-88)60(98)86-44(14-10-18-72-86)56(94)76-42(28-106-8)54(92)82-52(32(6)90)62(100)84(48)66/h21-24,29-32,41-52,65-66,71-74,77-78,89-90,103-104H,9-20,25-28H2,1-8H3,(H,75,93)(H,76,94)(H,79,95)(H,80,96)(H,81,91)(H,82,92)/t31-,32-,41-,42-,43+,44+,45-,46-,47-,48-,49+,50+,51+,52+,65-,66-,67+,68+/m0/s1. The van der Waals surface area contributed by atoms with E-state index in [1.165, 1.54) is 52.3 Å². The molecule has 10 heterocycles. The zero-order chi connectivity index (χ0) is 76.4. The van der Waals surface area contributed by atoms with Crippen molar-refractivity contribution in [2.75, 3.05) is 64.2 Å². The number of amides is 12. The van der Waals surface area contributed by atoms with Crippen LogP contribution in [0, 0.1) is 11.8 Å². The van der Waals surface area contributed by atoms with Crippen LogP contribution in [0.25, 0.3) is 11.1 Å². The third-order valence-corrected chi connectivity index (χ3v) is 22.5. The van der Waals surface area contributed by atoms with Crippen molar-refractivity contribution in [1.82, 2.24) is 83.4 Å². The van der Waals surface area contributed by atoms with E-state index >= 15 is 28.8 Å². The zero-order valence-corrected chi connectivity index (χ0v) is 61.5. The van der Waals surface area contributed by atoms with Gasteiger partial charge in [-0.2, -0.15) is 0 Å². The van der Waals surface area contributed by atoms with Crippen LogP contribution in [0.1, 0.15) is 117 Å². The van der Waals surface area contributed by atoms with Gasteiger partial charge in [0.15, 0.2) is 0 Å². The van der Waals surface area contributed by atoms with Gasteiger partial charge in [-0.3, -0.25) is 77.6 Å². The minimum Gasteiger partial charge on any atom is -0.391 e. The Hall–Kier alpha value is -8.14. The number of aliphatic hydroxyl groups excluding tert-OH is 2. The maximum Gasteiger partial charge on any atom is 0.261 e. The third-order valence-electron chi connectivity index (χ3n) is 21.9. The van der Waals surface area contributed by atoms with Crippen molar-refractivity contribution in [3.05, 3.63) is 45.4 Å². The Labute approximate surface area is 620 Å². The van der Waals surface area contributed by atoms with Gasteiger partial charge in [0.25, 0.3) is 23.6 Å². The summed E-state index contributed by atoms with van der Waals surface area (Å²) in [6, 6.07) is -12.2. The summed E-state index contributed by atoms with van der Waals surface area (Å²) in [4.78, 5) is 181. The van der Waals surface area contributed by atoms with Crippen LogP contribution in [-0.2, 0) is 78.2 Å². The number of aliphatic hydroxyl groups is 4. The molecule has 8 saturated heterocycles. The van der Waals surface area contributed by atoms with Crippen LogP contribution < -0.4 is 64.2 Å². The highest BCUT2D eigenvalue weighted by Crippen LogP contribution is 2.55. The lowest BCUT2D eigenvalue weighted by atomic mass is 9.86. The van der Waals surface area contributed by atoms with Crippen LogP contribution in [0.5, 0.6) is 0 Å². The number of nitrogens with one attached hydrogen (secondary N) is 12. The predicted octanol–water partition coefficient (Wildman–Crippen LogP) is -3.97. The minimum atomic E-state index is -2.29. The predicted molar refractivity (Wildman–Crippen MR) is 375 cm³/mol.